The molecule has 2 aromatic heterocycles. The third-order valence-electron chi connectivity index (χ3n) is 9.75. The molecule has 1 aliphatic rings. The SMILES string of the molecule is C=C(c1sc2ccccc2c1N=C(N)c1ccc2c(c1)-c1ccccc1C2(C)C)n1c2ccccc2c2cc3ccccc3cc21. The molecule has 0 unspecified atom stereocenters. The van der Waals surface area contributed by atoms with Crippen LogP contribution in [0.1, 0.15) is 35.4 Å². The lowest BCUT2D eigenvalue weighted by molar-refractivity contribution is 0.660. The maximum Gasteiger partial charge on any atom is 0.131 e. The standard InChI is InChI=1S/C42H31N3S/c1-25(45-36-18-10-7-15-30(36)33-22-26-12-4-5-13-27(26)24-37(33)45)40-39(31-16-8-11-19-38(31)46-40)44-41(43)28-20-21-35-32(23-28)29-14-6-9-17-34(29)42(35,2)3/h4-24H,1H2,2-3H3,(H2,43,44). The van der Waals surface area contributed by atoms with Crippen molar-refractivity contribution < 1.29 is 0 Å². The average Bonchev–Trinajstić information content (AvgIpc) is 3.69. The fraction of sp³-hybridized carbons (Fsp3) is 0.0714. The Bertz CT molecular complexity index is 2590. The van der Waals surface area contributed by atoms with E-state index in [1.54, 1.807) is 11.3 Å². The number of hydrogen-bond acceptors (Lipinski definition) is 2. The van der Waals surface area contributed by atoms with Gasteiger partial charge in [0.2, 0.25) is 0 Å². The normalized spacial score (nSPS) is 13.9. The molecule has 2 heterocycles. The van der Waals surface area contributed by atoms with Crippen LogP contribution >= 0.6 is 11.3 Å². The van der Waals surface area contributed by atoms with Crippen molar-refractivity contribution in [2.75, 3.05) is 0 Å². The van der Waals surface area contributed by atoms with Crippen LogP contribution in [0.4, 0.5) is 5.69 Å². The lowest BCUT2D eigenvalue weighted by atomic mass is 9.82. The highest BCUT2D eigenvalue weighted by Gasteiger charge is 2.35. The minimum absolute atomic E-state index is 0.0571. The number of amidine groups is 1. The molecule has 0 bridgehead atoms. The number of thiophene rings is 1. The number of benzene rings is 6. The molecule has 0 saturated heterocycles. The van der Waals surface area contributed by atoms with Gasteiger partial charge in [0, 0.05) is 31.8 Å². The predicted molar refractivity (Wildman–Crippen MR) is 198 cm³/mol. The molecule has 6 aromatic carbocycles. The van der Waals surface area contributed by atoms with E-state index in [-0.39, 0.29) is 5.41 Å². The first-order valence-corrected chi connectivity index (χ1v) is 16.4. The molecule has 0 saturated carbocycles. The first kappa shape index (κ1) is 26.9. The van der Waals surface area contributed by atoms with E-state index in [0.717, 1.165) is 42.9 Å². The van der Waals surface area contributed by atoms with Gasteiger partial charge < -0.3 is 10.3 Å². The summed E-state index contributed by atoms with van der Waals surface area (Å²) in [4.78, 5) is 6.21. The van der Waals surface area contributed by atoms with Gasteiger partial charge in [-0.25, -0.2) is 4.99 Å². The Morgan fingerprint density at radius 3 is 2.20 bits per heavy atom. The Morgan fingerprint density at radius 2 is 1.35 bits per heavy atom. The van der Waals surface area contributed by atoms with Crippen LogP contribution in [0.5, 0.6) is 0 Å². The van der Waals surface area contributed by atoms with E-state index in [1.165, 1.54) is 43.8 Å². The first-order chi connectivity index (χ1) is 22.4. The molecule has 220 valence electrons. The van der Waals surface area contributed by atoms with Crippen LogP contribution in [0.15, 0.2) is 139 Å². The topological polar surface area (TPSA) is 43.3 Å². The fourth-order valence-corrected chi connectivity index (χ4v) is 8.55. The Hall–Kier alpha value is -5.45. The zero-order valence-electron chi connectivity index (χ0n) is 25.7. The minimum Gasteiger partial charge on any atom is -0.383 e. The van der Waals surface area contributed by atoms with E-state index in [1.807, 2.05) is 0 Å². The summed E-state index contributed by atoms with van der Waals surface area (Å²) in [6.07, 6.45) is 0. The summed E-state index contributed by atoms with van der Waals surface area (Å²) in [5.41, 5.74) is 16.9. The van der Waals surface area contributed by atoms with E-state index in [0.29, 0.717) is 5.84 Å². The zero-order chi connectivity index (χ0) is 31.2. The smallest absolute Gasteiger partial charge is 0.131 e. The van der Waals surface area contributed by atoms with Crippen molar-refractivity contribution in [3.63, 3.8) is 0 Å². The molecular formula is C42H31N3S. The van der Waals surface area contributed by atoms with Crippen molar-refractivity contribution in [2.45, 2.75) is 19.3 Å². The van der Waals surface area contributed by atoms with Gasteiger partial charge in [-0.3, -0.25) is 0 Å². The zero-order valence-corrected chi connectivity index (χ0v) is 26.5. The highest BCUT2D eigenvalue weighted by molar-refractivity contribution is 7.20. The monoisotopic (exact) mass is 609 g/mol. The second-order valence-corrected chi connectivity index (χ2v) is 13.8. The highest BCUT2D eigenvalue weighted by atomic mass is 32.1. The van der Waals surface area contributed by atoms with E-state index in [2.05, 4.69) is 146 Å². The summed E-state index contributed by atoms with van der Waals surface area (Å²) >= 11 is 1.72. The number of nitrogens with zero attached hydrogens (tertiary/aromatic N) is 2. The van der Waals surface area contributed by atoms with Crippen molar-refractivity contribution in [3.05, 3.63) is 156 Å². The summed E-state index contributed by atoms with van der Waals surface area (Å²) in [5, 5.41) is 5.92. The van der Waals surface area contributed by atoms with Crippen LogP contribution in [-0.2, 0) is 5.41 Å². The summed E-state index contributed by atoms with van der Waals surface area (Å²) in [5.74, 6) is 0.496. The van der Waals surface area contributed by atoms with E-state index in [9.17, 15) is 0 Å². The molecule has 0 fully saturated rings. The third-order valence-corrected chi connectivity index (χ3v) is 11.0. The van der Waals surface area contributed by atoms with Crippen LogP contribution in [0, 0.1) is 0 Å². The molecule has 9 rings (SSSR count). The average molecular weight is 610 g/mol. The molecule has 2 N–H and O–H groups in total. The van der Waals surface area contributed by atoms with Crippen LogP contribution < -0.4 is 5.73 Å². The Labute approximate surface area is 271 Å². The van der Waals surface area contributed by atoms with E-state index in [4.69, 9.17) is 17.3 Å². The van der Waals surface area contributed by atoms with Gasteiger partial charge in [-0.1, -0.05) is 117 Å². The van der Waals surface area contributed by atoms with Crippen molar-refractivity contribution >= 4 is 71.2 Å². The van der Waals surface area contributed by atoms with Crippen LogP contribution in [0.2, 0.25) is 0 Å². The second kappa shape index (κ2) is 9.77. The summed E-state index contributed by atoms with van der Waals surface area (Å²) < 4.78 is 3.45. The molecule has 0 amide bonds. The van der Waals surface area contributed by atoms with Gasteiger partial charge >= 0.3 is 0 Å². The van der Waals surface area contributed by atoms with Gasteiger partial charge in [0.25, 0.3) is 0 Å². The number of para-hydroxylation sites is 1. The van der Waals surface area contributed by atoms with Gasteiger partial charge in [0.05, 0.1) is 27.3 Å². The molecule has 46 heavy (non-hydrogen) atoms. The van der Waals surface area contributed by atoms with Crippen molar-refractivity contribution in [2.24, 2.45) is 10.7 Å². The number of nitrogens with two attached hydrogens (primary N) is 1. The quantitative estimate of drug-likeness (QED) is 0.157. The van der Waals surface area contributed by atoms with Crippen molar-refractivity contribution in [1.82, 2.24) is 4.57 Å². The minimum atomic E-state index is -0.0571. The van der Waals surface area contributed by atoms with E-state index < -0.39 is 0 Å². The first-order valence-electron chi connectivity index (χ1n) is 15.6. The largest absolute Gasteiger partial charge is 0.383 e. The molecule has 8 aromatic rings. The van der Waals surface area contributed by atoms with Crippen molar-refractivity contribution in [1.29, 1.82) is 0 Å². The summed E-state index contributed by atoms with van der Waals surface area (Å²) in [6.45, 7) is 9.32. The second-order valence-electron chi connectivity index (χ2n) is 12.7. The van der Waals surface area contributed by atoms with Crippen LogP contribution in [-0.4, -0.2) is 10.4 Å². The molecular weight excluding hydrogens is 579 g/mol. The summed E-state index contributed by atoms with van der Waals surface area (Å²) in [6, 6.07) is 45.4. The molecule has 3 nitrogen and oxygen atoms in total. The molecule has 1 aliphatic carbocycles. The number of aliphatic imine (C=N–C) groups is 1. The van der Waals surface area contributed by atoms with Gasteiger partial charge in [0.1, 0.15) is 5.84 Å². The number of hydrogen-bond donors (Lipinski definition) is 1. The molecule has 0 spiro atoms. The maximum atomic E-state index is 6.91. The third kappa shape index (κ3) is 3.80. The van der Waals surface area contributed by atoms with Gasteiger partial charge in [-0.15, -0.1) is 11.3 Å². The predicted octanol–water partition coefficient (Wildman–Crippen LogP) is 11.0. The molecule has 0 radical (unpaired) electrons. The summed E-state index contributed by atoms with van der Waals surface area (Å²) in [7, 11) is 0. The highest BCUT2D eigenvalue weighted by Crippen LogP contribution is 2.49. The van der Waals surface area contributed by atoms with E-state index >= 15 is 0 Å². The Morgan fingerprint density at radius 1 is 0.674 bits per heavy atom. The Balaban J connectivity index is 1.24. The molecule has 0 atom stereocenters. The Kier molecular flexibility index (Phi) is 5.72. The van der Waals surface area contributed by atoms with Crippen molar-refractivity contribution in [3.8, 4) is 11.1 Å². The number of rotatable bonds is 4. The number of aromatic nitrogens is 1. The molecule has 0 aliphatic heterocycles. The van der Waals surface area contributed by atoms with Crippen LogP contribution in [0.25, 0.3) is 59.5 Å². The lowest BCUT2D eigenvalue weighted by Gasteiger charge is -2.21. The van der Waals surface area contributed by atoms with Crippen LogP contribution in [0.3, 0.4) is 0 Å². The van der Waals surface area contributed by atoms with Gasteiger partial charge in [-0.2, -0.15) is 0 Å². The van der Waals surface area contributed by atoms with Gasteiger partial charge in [0.15, 0.2) is 0 Å². The maximum absolute atomic E-state index is 6.91. The molecule has 4 heteroatoms. The lowest BCUT2D eigenvalue weighted by Crippen LogP contribution is -2.16. The van der Waals surface area contributed by atoms with Gasteiger partial charge in [-0.05, 0) is 63.4 Å². The number of fused-ring (bicyclic) bond motifs is 8. The fourth-order valence-electron chi connectivity index (χ4n) is 7.45.